The van der Waals surface area contributed by atoms with Crippen LogP contribution in [0, 0.1) is 5.92 Å². The molecular weight excluding hydrogens is 312 g/mol. The second kappa shape index (κ2) is 7.13. The molecule has 1 rings (SSSR count). The summed E-state index contributed by atoms with van der Waals surface area (Å²) >= 11 is 5.88. The molecule has 0 saturated heterocycles. The van der Waals surface area contributed by atoms with Crippen LogP contribution in [-0.4, -0.2) is 33.2 Å². The summed E-state index contributed by atoms with van der Waals surface area (Å²) in [4.78, 5) is 12.0. The summed E-state index contributed by atoms with van der Waals surface area (Å²) in [6, 6.07) is 6.38. The fraction of sp³-hybridized carbons (Fsp3) is 0.500. The van der Waals surface area contributed by atoms with E-state index in [2.05, 4.69) is 5.32 Å². The number of carbonyl (C=O) groups is 1. The largest absolute Gasteiger partial charge is 0.352 e. The van der Waals surface area contributed by atoms with E-state index in [4.69, 9.17) is 11.6 Å². The van der Waals surface area contributed by atoms with Crippen LogP contribution in [0.25, 0.3) is 0 Å². The maximum Gasteiger partial charge on any atom is 0.240 e. The van der Waals surface area contributed by atoms with Crippen molar-refractivity contribution in [1.29, 1.82) is 0 Å². The summed E-state index contributed by atoms with van der Waals surface area (Å²) in [5.41, 5.74) is 0.373. The van der Waals surface area contributed by atoms with Crippen molar-refractivity contribution in [2.75, 3.05) is 17.1 Å². The van der Waals surface area contributed by atoms with E-state index in [1.165, 1.54) is 6.07 Å². The monoisotopic (exact) mass is 332 g/mol. The Labute approximate surface area is 131 Å². The molecule has 7 heteroatoms. The minimum Gasteiger partial charge on any atom is -0.352 e. The molecule has 0 aliphatic rings. The van der Waals surface area contributed by atoms with Crippen molar-refractivity contribution in [2.24, 2.45) is 5.92 Å². The van der Waals surface area contributed by atoms with Gasteiger partial charge in [-0.2, -0.15) is 0 Å². The third-order valence-electron chi connectivity index (χ3n) is 3.17. The molecule has 5 nitrogen and oxygen atoms in total. The predicted octanol–water partition coefficient (Wildman–Crippen LogP) is 2.27. The molecule has 0 unspecified atom stereocenters. The van der Waals surface area contributed by atoms with Crippen LogP contribution in [0.5, 0.6) is 0 Å². The Morgan fingerprint density at radius 2 is 1.95 bits per heavy atom. The van der Waals surface area contributed by atoms with Gasteiger partial charge in [0.2, 0.25) is 15.9 Å². The smallest absolute Gasteiger partial charge is 0.240 e. The van der Waals surface area contributed by atoms with E-state index in [1.807, 2.05) is 20.8 Å². The summed E-state index contributed by atoms with van der Waals surface area (Å²) in [5, 5.41) is 3.20. The van der Waals surface area contributed by atoms with E-state index in [9.17, 15) is 13.2 Å². The third-order valence-corrected chi connectivity index (χ3v) is 4.55. The Hall–Kier alpha value is -1.27. The van der Waals surface area contributed by atoms with E-state index in [0.29, 0.717) is 10.7 Å². The molecule has 1 aromatic rings. The number of rotatable bonds is 6. The molecule has 1 aromatic carbocycles. The molecule has 118 valence electrons. The number of sulfonamides is 1. The number of amides is 1. The molecule has 0 bridgehead atoms. The van der Waals surface area contributed by atoms with E-state index < -0.39 is 10.0 Å². The maximum absolute atomic E-state index is 12.0. The lowest BCUT2D eigenvalue weighted by Crippen LogP contribution is -2.44. The van der Waals surface area contributed by atoms with Crippen molar-refractivity contribution < 1.29 is 13.2 Å². The van der Waals surface area contributed by atoms with Crippen LogP contribution in [0.4, 0.5) is 5.69 Å². The predicted molar refractivity (Wildman–Crippen MR) is 86.1 cm³/mol. The quantitative estimate of drug-likeness (QED) is 0.869. The van der Waals surface area contributed by atoms with Gasteiger partial charge in [0, 0.05) is 11.1 Å². The Bertz CT molecular complexity index is 602. The molecule has 0 radical (unpaired) electrons. The van der Waals surface area contributed by atoms with Crippen molar-refractivity contribution >= 4 is 33.2 Å². The standard InChI is InChI=1S/C14H21ClN2O3S/c1-10(2)11(3)16-14(18)9-17(21(4,19)20)13-7-5-6-12(15)8-13/h5-8,10-11H,9H2,1-4H3,(H,16,18)/t11-/m1/s1. The van der Waals surface area contributed by atoms with Gasteiger partial charge >= 0.3 is 0 Å². The van der Waals surface area contributed by atoms with Crippen LogP contribution >= 0.6 is 11.6 Å². The average Bonchev–Trinajstić information content (AvgIpc) is 2.34. The van der Waals surface area contributed by atoms with E-state index in [1.54, 1.807) is 18.2 Å². The first-order chi connectivity index (χ1) is 9.61. The van der Waals surface area contributed by atoms with Gasteiger partial charge in [-0.3, -0.25) is 9.10 Å². The van der Waals surface area contributed by atoms with Crippen molar-refractivity contribution in [3.63, 3.8) is 0 Å². The van der Waals surface area contributed by atoms with Gasteiger partial charge in [0.05, 0.1) is 11.9 Å². The summed E-state index contributed by atoms with van der Waals surface area (Å²) < 4.78 is 24.8. The SMILES string of the molecule is CC(C)[C@@H](C)NC(=O)CN(c1cccc(Cl)c1)S(C)(=O)=O. The normalized spacial score (nSPS) is 13.0. The molecule has 0 aliphatic carbocycles. The van der Waals surface area contributed by atoms with Crippen molar-refractivity contribution in [1.82, 2.24) is 5.32 Å². The number of carbonyl (C=O) groups excluding carboxylic acids is 1. The number of anilines is 1. The van der Waals surface area contributed by atoms with Gasteiger partial charge in [-0.05, 0) is 31.0 Å². The van der Waals surface area contributed by atoms with E-state index in [0.717, 1.165) is 10.6 Å². The lowest BCUT2D eigenvalue weighted by atomic mass is 10.1. The Morgan fingerprint density at radius 1 is 1.33 bits per heavy atom. The van der Waals surface area contributed by atoms with Gasteiger partial charge < -0.3 is 5.32 Å². The molecular formula is C14H21ClN2O3S. The Balaban J connectivity index is 2.94. The first-order valence-corrected chi connectivity index (χ1v) is 8.86. The molecule has 1 amide bonds. The zero-order valence-corrected chi connectivity index (χ0v) is 14.2. The van der Waals surface area contributed by atoms with E-state index in [-0.39, 0.29) is 24.4 Å². The molecule has 1 N–H and O–H groups in total. The first-order valence-electron chi connectivity index (χ1n) is 6.64. The van der Waals surface area contributed by atoms with Gasteiger partial charge in [-0.25, -0.2) is 8.42 Å². The number of hydrogen-bond acceptors (Lipinski definition) is 3. The second-order valence-corrected chi connectivity index (χ2v) is 7.69. The zero-order valence-electron chi connectivity index (χ0n) is 12.6. The zero-order chi connectivity index (χ0) is 16.2. The second-order valence-electron chi connectivity index (χ2n) is 5.35. The molecule has 1 atom stereocenters. The van der Waals surface area contributed by atoms with Crippen LogP contribution < -0.4 is 9.62 Å². The minimum atomic E-state index is -3.57. The number of benzene rings is 1. The van der Waals surface area contributed by atoms with Gasteiger partial charge in [0.1, 0.15) is 6.54 Å². The van der Waals surface area contributed by atoms with Crippen molar-refractivity contribution in [2.45, 2.75) is 26.8 Å². The lowest BCUT2D eigenvalue weighted by Gasteiger charge is -2.24. The highest BCUT2D eigenvalue weighted by Crippen LogP contribution is 2.21. The number of nitrogens with one attached hydrogen (secondary N) is 1. The van der Waals surface area contributed by atoms with Crippen LogP contribution in [-0.2, 0) is 14.8 Å². The van der Waals surface area contributed by atoms with Gasteiger partial charge in [-0.1, -0.05) is 31.5 Å². The fourth-order valence-electron chi connectivity index (χ4n) is 1.63. The minimum absolute atomic E-state index is 0.0294. The maximum atomic E-state index is 12.0. The van der Waals surface area contributed by atoms with Crippen LogP contribution in [0.15, 0.2) is 24.3 Å². The van der Waals surface area contributed by atoms with E-state index >= 15 is 0 Å². The third kappa shape index (κ3) is 5.55. The van der Waals surface area contributed by atoms with Crippen LogP contribution in [0.3, 0.4) is 0 Å². The first kappa shape index (κ1) is 17.8. The van der Waals surface area contributed by atoms with Crippen molar-refractivity contribution in [3.05, 3.63) is 29.3 Å². The van der Waals surface area contributed by atoms with Gasteiger partial charge in [0.15, 0.2) is 0 Å². The highest BCUT2D eigenvalue weighted by atomic mass is 35.5. The molecule has 0 aromatic heterocycles. The molecule has 0 aliphatic heterocycles. The lowest BCUT2D eigenvalue weighted by molar-refractivity contribution is -0.120. The molecule has 0 heterocycles. The fourth-order valence-corrected chi connectivity index (χ4v) is 2.66. The van der Waals surface area contributed by atoms with Crippen LogP contribution in [0.2, 0.25) is 5.02 Å². The number of halogens is 1. The molecule has 0 spiro atoms. The molecule has 21 heavy (non-hydrogen) atoms. The highest BCUT2D eigenvalue weighted by molar-refractivity contribution is 7.92. The van der Waals surface area contributed by atoms with Gasteiger partial charge in [0.25, 0.3) is 0 Å². The van der Waals surface area contributed by atoms with Crippen LogP contribution in [0.1, 0.15) is 20.8 Å². The summed E-state index contributed by atoms with van der Waals surface area (Å²) in [6.07, 6.45) is 1.06. The summed E-state index contributed by atoms with van der Waals surface area (Å²) in [5.74, 6) is -0.0756. The van der Waals surface area contributed by atoms with Crippen molar-refractivity contribution in [3.8, 4) is 0 Å². The molecule has 0 fully saturated rings. The highest BCUT2D eigenvalue weighted by Gasteiger charge is 2.22. The summed E-state index contributed by atoms with van der Waals surface area (Å²) in [6.45, 7) is 5.58. The summed E-state index contributed by atoms with van der Waals surface area (Å²) in [7, 11) is -3.57. The van der Waals surface area contributed by atoms with Gasteiger partial charge in [-0.15, -0.1) is 0 Å². The topological polar surface area (TPSA) is 66.5 Å². The Morgan fingerprint density at radius 3 is 2.43 bits per heavy atom. The molecule has 0 saturated carbocycles. The number of nitrogens with zero attached hydrogens (tertiary/aromatic N) is 1. The average molecular weight is 333 g/mol. The number of hydrogen-bond donors (Lipinski definition) is 1. The Kier molecular flexibility index (Phi) is 6.04.